The lowest BCUT2D eigenvalue weighted by atomic mass is 10.1. The summed E-state index contributed by atoms with van der Waals surface area (Å²) < 4.78 is 46.1. The van der Waals surface area contributed by atoms with Gasteiger partial charge in [-0.15, -0.1) is 16.4 Å². The first-order valence-corrected chi connectivity index (χ1v) is 9.21. The molecule has 0 fully saturated rings. The van der Waals surface area contributed by atoms with Crippen LogP contribution >= 0.6 is 11.3 Å². The zero-order chi connectivity index (χ0) is 20.6. The number of hydrogen-bond donors (Lipinski definition) is 1. The predicted octanol–water partition coefficient (Wildman–Crippen LogP) is 4.74. The second kappa shape index (κ2) is 7.21. The Hall–Kier alpha value is -3.40. The van der Waals surface area contributed by atoms with Crippen LogP contribution in [-0.2, 0) is 6.18 Å². The number of anilines is 1. The molecule has 0 spiro atoms. The van der Waals surface area contributed by atoms with Gasteiger partial charge in [-0.1, -0.05) is 12.1 Å². The summed E-state index contributed by atoms with van der Waals surface area (Å²) in [5.74, 6) is -0.300. The number of alkyl halides is 3. The van der Waals surface area contributed by atoms with Gasteiger partial charge in [-0.05, 0) is 36.4 Å². The normalized spacial score (nSPS) is 11.6. The predicted molar refractivity (Wildman–Crippen MR) is 102 cm³/mol. The lowest BCUT2D eigenvalue weighted by molar-refractivity contribution is -0.137. The number of methoxy groups -OCH3 is 1. The van der Waals surface area contributed by atoms with Gasteiger partial charge in [-0.2, -0.15) is 18.2 Å². The summed E-state index contributed by atoms with van der Waals surface area (Å²) in [7, 11) is 1.57. The van der Waals surface area contributed by atoms with Crippen LogP contribution in [0, 0.1) is 0 Å². The van der Waals surface area contributed by atoms with Crippen molar-refractivity contribution in [1.82, 2.24) is 14.6 Å². The van der Waals surface area contributed by atoms with Crippen LogP contribution in [0.1, 0.15) is 15.9 Å². The Bertz CT molecular complexity index is 1180. The number of rotatable bonds is 4. The van der Waals surface area contributed by atoms with E-state index in [1.807, 2.05) is 17.5 Å². The Balaban J connectivity index is 1.63. The average Bonchev–Trinajstić information content (AvgIpc) is 3.27. The molecular weight excluding hydrogens is 405 g/mol. The van der Waals surface area contributed by atoms with Crippen LogP contribution in [0.3, 0.4) is 0 Å². The molecule has 148 valence electrons. The number of benzene rings is 2. The van der Waals surface area contributed by atoms with E-state index in [0.717, 1.165) is 23.4 Å². The van der Waals surface area contributed by atoms with Crippen molar-refractivity contribution in [2.24, 2.45) is 0 Å². The molecule has 0 aliphatic heterocycles. The van der Waals surface area contributed by atoms with Crippen LogP contribution in [-0.4, -0.2) is 27.6 Å². The molecule has 4 rings (SSSR count). The molecule has 0 saturated heterocycles. The van der Waals surface area contributed by atoms with E-state index < -0.39 is 23.2 Å². The van der Waals surface area contributed by atoms with Crippen LogP contribution in [0.5, 0.6) is 5.75 Å². The molecule has 0 atom stereocenters. The number of carbonyl (C=O) groups excluding carboxylic acids is 1. The number of hydrogen-bond acceptors (Lipinski definition) is 5. The maximum Gasteiger partial charge on any atom is 0.417 e. The Morgan fingerprint density at radius 3 is 2.55 bits per heavy atom. The number of thiazole rings is 1. The molecule has 1 amide bonds. The summed E-state index contributed by atoms with van der Waals surface area (Å²) in [6.45, 7) is 0. The van der Waals surface area contributed by atoms with Crippen molar-refractivity contribution in [3.05, 3.63) is 65.0 Å². The van der Waals surface area contributed by atoms with E-state index in [1.165, 1.54) is 28.0 Å². The van der Waals surface area contributed by atoms with Gasteiger partial charge in [0, 0.05) is 10.9 Å². The highest BCUT2D eigenvalue weighted by atomic mass is 32.1. The highest BCUT2D eigenvalue weighted by Gasteiger charge is 2.35. The van der Waals surface area contributed by atoms with Gasteiger partial charge in [0.15, 0.2) is 0 Å². The number of amides is 1. The number of nitrogens with one attached hydrogen (secondary N) is 1. The summed E-state index contributed by atoms with van der Waals surface area (Å²) in [6, 6.07) is 11.9. The first-order valence-electron chi connectivity index (χ1n) is 8.33. The molecule has 29 heavy (non-hydrogen) atoms. The van der Waals surface area contributed by atoms with E-state index in [0.29, 0.717) is 10.7 Å². The highest BCUT2D eigenvalue weighted by molar-refractivity contribution is 7.15. The zero-order valence-electron chi connectivity index (χ0n) is 14.9. The second-order valence-electron chi connectivity index (χ2n) is 5.98. The van der Waals surface area contributed by atoms with E-state index in [1.54, 1.807) is 19.2 Å². The van der Waals surface area contributed by atoms with Gasteiger partial charge >= 0.3 is 6.18 Å². The number of halogens is 3. The minimum atomic E-state index is -4.64. The van der Waals surface area contributed by atoms with Gasteiger partial charge in [-0.3, -0.25) is 10.1 Å². The average molecular weight is 418 g/mol. The number of ether oxygens (including phenoxy) is 1. The SMILES string of the molecule is COc1ccc(-c2csc3nc(NC(=O)c4ccccc4C(F)(F)F)nn23)cc1. The fourth-order valence-corrected chi connectivity index (χ4v) is 3.62. The van der Waals surface area contributed by atoms with Crippen LogP contribution in [0.2, 0.25) is 0 Å². The highest BCUT2D eigenvalue weighted by Crippen LogP contribution is 2.32. The topological polar surface area (TPSA) is 68.5 Å². The van der Waals surface area contributed by atoms with Crippen LogP contribution < -0.4 is 10.1 Å². The van der Waals surface area contributed by atoms with Gasteiger partial charge < -0.3 is 4.74 Å². The smallest absolute Gasteiger partial charge is 0.417 e. The van der Waals surface area contributed by atoms with Crippen molar-refractivity contribution < 1.29 is 22.7 Å². The standard InChI is InChI=1S/C19H13F3N4O2S/c1-28-12-8-6-11(7-9-12)15-10-29-18-24-17(25-26(15)18)23-16(27)13-4-2-3-5-14(13)19(20,21)22/h2-10H,1H3,(H,23,25,27). The first kappa shape index (κ1) is 18.9. The molecule has 0 saturated carbocycles. The molecule has 10 heteroatoms. The number of nitrogens with zero attached hydrogens (tertiary/aromatic N) is 3. The third kappa shape index (κ3) is 3.66. The molecule has 2 aromatic heterocycles. The molecule has 2 heterocycles. The molecule has 0 bridgehead atoms. The molecule has 1 N–H and O–H groups in total. The Morgan fingerprint density at radius 2 is 1.86 bits per heavy atom. The third-order valence-corrected chi connectivity index (χ3v) is 4.99. The molecule has 4 aromatic rings. The molecule has 0 radical (unpaired) electrons. The van der Waals surface area contributed by atoms with E-state index in [2.05, 4.69) is 15.4 Å². The maximum atomic E-state index is 13.1. The Kier molecular flexibility index (Phi) is 4.71. The fraction of sp³-hybridized carbons (Fsp3) is 0.105. The largest absolute Gasteiger partial charge is 0.497 e. The van der Waals surface area contributed by atoms with Gasteiger partial charge in [0.2, 0.25) is 4.96 Å². The van der Waals surface area contributed by atoms with Crippen molar-refractivity contribution in [2.75, 3.05) is 12.4 Å². The molecule has 2 aromatic carbocycles. The lowest BCUT2D eigenvalue weighted by Gasteiger charge is -2.11. The van der Waals surface area contributed by atoms with Crippen LogP contribution in [0.25, 0.3) is 16.2 Å². The number of fused-ring (bicyclic) bond motifs is 1. The minimum absolute atomic E-state index is 0.0754. The van der Waals surface area contributed by atoms with E-state index in [-0.39, 0.29) is 5.95 Å². The van der Waals surface area contributed by atoms with Gasteiger partial charge in [0.1, 0.15) is 5.75 Å². The molecule has 0 aliphatic rings. The van der Waals surface area contributed by atoms with E-state index >= 15 is 0 Å². The van der Waals surface area contributed by atoms with Crippen molar-refractivity contribution >= 4 is 28.2 Å². The van der Waals surface area contributed by atoms with Crippen molar-refractivity contribution in [2.45, 2.75) is 6.18 Å². The maximum absolute atomic E-state index is 13.1. The minimum Gasteiger partial charge on any atom is -0.497 e. The van der Waals surface area contributed by atoms with E-state index in [4.69, 9.17) is 4.74 Å². The van der Waals surface area contributed by atoms with Crippen LogP contribution in [0.4, 0.5) is 19.1 Å². The summed E-state index contributed by atoms with van der Waals surface area (Å²) >= 11 is 1.30. The quantitative estimate of drug-likeness (QED) is 0.520. The van der Waals surface area contributed by atoms with Gasteiger partial charge in [0.05, 0.1) is 23.9 Å². The second-order valence-corrected chi connectivity index (χ2v) is 6.81. The molecular formula is C19H13F3N4O2S. The lowest BCUT2D eigenvalue weighted by Crippen LogP contribution is -2.19. The summed E-state index contributed by atoms with van der Waals surface area (Å²) in [5.41, 5.74) is 0.0737. The first-order chi connectivity index (χ1) is 13.9. The van der Waals surface area contributed by atoms with Crippen molar-refractivity contribution in [1.29, 1.82) is 0 Å². The summed E-state index contributed by atoms with van der Waals surface area (Å²) in [4.78, 5) is 17.1. The van der Waals surface area contributed by atoms with Crippen molar-refractivity contribution in [3.8, 4) is 17.0 Å². The molecule has 0 aliphatic carbocycles. The van der Waals surface area contributed by atoms with Gasteiger partial charge in [0.25, 0.3) is 11.9 Å². The summed E-state index contributed by atoms with van der Waals surface area (Å²) in [5, 5.41) is 8.42. The molecule has 0 unspecified atom stereocenters. The van der Waals surface area contributed by atoms with Gasteiger partial charge in [-0.25, -0.2) is 4.52 Å². The van der Waals surface area contributed by atoms with Crippen molar-refractivity contribution in [3.63, 3.8) is 0 Å². The monoisotopic (exact) mass is 418 g/mol. The number of carbonyl (C=O) groups is 1. The Morgan fingerprint density at radius 1 is 1.14 bits per heavy atom. The Labute approximate surface area is 166 Å². The van der Waals surface area contributed by atoms with E-state index in [9.17, 15) is 18.0 Å². The summed E-state index contributed by atoms with van der Waals surface area (Å²) in [6.07, 6.45) is -4.64. The third-order valence-electron chi connectivity index (χ3n) is 4.17. The number of aromatic nitrogens is 3. The fourth-order valence-electron chi connectivity index (χ4n) is 2.79. The molecule has 6 nitrogen and oxygen atoms in total. The van der Waals surface area contributed by atoms with Crippen LogP contribution in [0.15, 0.2) is 53.9 Å². The zero-order valence-corrected chi connectivity index (χ0v) is 15.7.